The van der Waals surface area contributed by atoms with Crippen LogP contribution in [0.1, 0.15) is 83.7 Å². The number of piperidine rings is 1. The van der Waals surface area contributed by atoms with Crippen LogP contribution in [0.4, 0.5) is 4.79 Å². The van der Waals surface area contributed by atoms with Crippen molar-refractivity contribution in [3.8, 4) is 0 Å². The smallest absolute Gasteiger partial charge is 0.407 e. The van der Waals surface area contributed by atoms with E-state index in [1.807, 2.05) is 20.8 Å². The Bertz CT molecular complexity index is 1430. The molecule has 3 fully saturated rings. The molecule has 6 atom stereocenters. The van der Waals surface area contributed by atoms with Crippen molar-refractivity contribution in [2.24, 2.45) is 23.7 Å². The first kappa shape index (κ1) is 39.3. The molecule has 0 aromatic heterocycles. The third kappa shape index (κ3) is 10.5. The van der Waals surface area contributed by atoms with Crippen molar-refractivity contribution < 1.29 is 38.3 Å². The first-order valence-electron chi connectivity index (χ1n) is 18.2. The molecule has 2 unspecified atom stereocenters. The lowest BCUT2D eigenvalue weighted by Crippen LogP contribution is -2.59. The molecule has 1 aromatic carbocycles. The number of likely N-dealkylation sites (N-methyl/N-ethyl adjacent to an activating group) is 1. The van der Waals surface area contributed by atoms with Gasteiger partial charge in [-0.1, -0.05) is 76.8 Å². The number of hydrogen-bond donors (Lipinski definition) is 4. The van der Waals surface area contributed by atoms with Crippen LogP contribution in [0, 0.1) is 23.7 Å². The maximum atomic E-state index is 14.1. The third-order valence-electron chi connectivity index (χ3n) is 9.88. The van der Waals surface area contributed by atoms with Crippen molar-refractivity contribution >= 4 is 41.4 Å². The molecular formula is C37H54N6O8. The molecule has 14 nitrogen and oxygen atoms in total. The van der Waals surface area contributed by atoms with Crippen LogP contribution in [0.3, 0.4) is 0 Å². The van der Waals surface area contributed by atoms with Crippen molar-refractivity contribution in [3.05, 3.63) is 35.9 Å². The standard InChI is InChI=1S/C37H54N6O8/c1-6-13-27(32(45)34(47)38-19-28(44)40-29(35(48)42(4)5)23-14-9-7-10-15-23)39-33(46)31-26-18-25(26)20-43(31)36(49)30(24-16-11-8-12-17-24)41-37(50)51-21-22(2)3/h7,9-10,14-15,22,24-27,29-31H,6,8,11-13,16-21H2,1-5H3,(H,38,47)(H,39,46)(H,40,44)(H,41,50)/t25-,26-,27+,29?,30-,31?/m0/s1. The Morgan fingerprint density at radius 3 is 2.25 bits per heavy atom. The number of benzene rings is 1. The van der Waals surface area contributed by atoms with Crippen LogP contribution < -0.4 is 21.3 Å². The molecule has 4 rings (SSSR count). The van der Waals surface area contributed by atoms with E-state index in [2.05, 4.69) is 21.3 Å². The molecule has 1 heterocycles. The number of fused-ring (bicyclic) bond motifs is 1. The molecule has 3 aliphatic rings. The minimum Gasteiger partial charge on any atom is -0.449 e. The van der Waals surface area contributed by atoms with Crippen molar-refractivity contribution in [1.82, 2.24) is 31.1 Å². The third-order valence-corrected chi connectivity index (χ3v) is 9.88. The van der Waals surface area contributed by atoms with Crippen LogP contribution in [-0.2, 0) is 33.5 Å². The van der Waals surface area contributed by atoms with Gasteiger partial charge >= 0.3 is 6.09 Å². The van der Waals surface area contributed by atoms with Gasteiger partial charge in [-0.2, -0.15) is 0 Å². The van der Waals surface area contributed by atoms with Crippen LogP contribution in [0.2, 0.25) is 0 Å². The number of ether oxygens (including phenoxy) is 1. The fraction of sp³-hybridized carbons (Fsp3) is 0.649. The molecule has 51 heavy (non-hydrogen) atoms. The average molecular weight is 711 g/mol. The van der Waals surface area contributed by atoms with Crippen molar-refractivity contribution in [1.29, 1.82) is 0 Å². The average Bonchev–Trinajstić information content (AvgIpc) is 3.78. The van der Waals surface area contributed by atoms with Crippen LogP contribution in [-0.4, -0.2) is 103 Å². The van der Waals surface area contributed by atoms with Gasteiger partial charge in [0.25, 0.3) is 5.91 Å². The molecule has 1 saturated heterocycles. The molecule has 1 aromatic rings. The number of amides is 6. The van der Waals surface area contributed by atoms with Crippen molar-refractivity contribution in [2.75, 3.05) is 33.8 Å². The summed E-state index contributed by atoms with van der Waals surface area (Å²) in [7, 11) is 3.13. The van der Waals surface area contributed by atoms with Gasteiger partial charge in [-0.3, -0.25) is 28.8 Å². The zero-order valence-corrected chi connectivity index (χ0v) is 30.4. The highest BCUT2D eigenvalue weighted by molar-refractivity contribution is 6.38. The summed E-state index contributed by atoms with van der Waals surface area (Å²) in [6.45, 7) is 5.68. The summed E-state index contributed by atoms with van der Waals surface area (Å²) in [5, 5.41) is 10.5. The largest absolute Gasteiger partial charge is 0.449 e. The number of ketones is 1. The maximum absolute atomic E-state index is 14.1. The second-order valence-corrected chi connectivity index (χ2v) is 14.6. The van der Waals surface area contributed by atoms with Gasteiger partial charge in [0, 0.05) is 20.6 Å². The van der Waals surface area contributed by atoms with E-state index in [9.17, 15) is 33.6 Å². The van der Waals surface area contributed by atoms with Gasteiger partial charge in [0.1, 0.15) is 18.1 Å². The van der Waals surface area contributed by atoms with E-state index in [4.69, 9.17) is 4.74 Å². The highest BCUT2D eigenvalue weighted by atomic mass is 16.5. The Balaban J connectivity index is 1.39. The summed E-state index contributed by atoms with van der Waals surface area (Å²) < 4.78 is 5.35. The number of likely N-dealkylation sites (tertiary alicyclic amines) is 1. The summed E-state index contributed by atoms with van der Waals surface area (Å²) in [4.78, 5) is 95.5. The first-order valence-corrected chi connectivity index (χ1v) is 18.2. The van der Waals surface area contributed by atoms with Gasteiger partial charge < -0.3 is 35.8 Å². The predicted octanol–water partition coefficient (Wildman–Crippen LogP) is 2.08. The normalized spacial score (nSPS) is 21.4. The molecule has 0 bridgehead atoms. The van der Waals surface area contributed by atoms with Crippen LogP contribution in [0.25, 0.3) is 0 Å². The van der Waals surface area contributed by atoms with E-state index >= 15 is 0 Å². The Kier molecular flexibility index (Phi) is 14.0. The van der Waals surface area contributed by atoms with Gasteiger partial charge in [0.2, 0.25) is 29.4 Å². The summed E-state index contributed by atoms with van der Waals surface area (Å²) in [6.07, 6.45) is 5.24. The van der Waals surface area contributed by atoms with Gasteiger partial charge in [0.05, 0.1) is 19.2 Å². The number of rotatable bonds is 16. The molecule has 14 heteroatoms. The number of carbonyl (C=O) groups is 7. The van der Waals surface area contributed by atoms with E-state index in [1.165, 1.54) is 9.80 Å². The van der Waals surface area contributed by atoms with Crippen molar-refractivity contribution in [3.63, 3.8) is 0 Å². The molecular weight excluding hydrogens is 656 g/mol. The van der Waals surface area contributed by atoms with E-state index < -0.39 is 60.3 Å². The molecule has 280 valence electrons. The first-order chi connectivity index (χ1) is 24.3. The van der Waals surface area contributed by atoms with Crippen molar-refractivity contribution in [2.45, 2.75) is 96.3 Å². The number of nitrogens with zero attached hydrogens (tertiary/aromatic N) is 2. The highest BCUT2D eigenvalue weighted by Gasteiger charge is 2.58. The summed E-state index contributed by atoms with van der Waals surface area (Å²) in [5.74, 6) is -3.76. The minimum absolute atomic E-state index is 0.0776. The Hall–Kier alpha value is -4.49. The van der Waals surface area contributed by atoms with Gasteiger partial charge in [-0.25, -0.2) is 4.79 Å². The zero-order valence-electron chi connectivity index (χ0n) is 30.4. The van der Waals surface area contributed by atoms with Gasteiger partial charge in [-0.15, -0.1) is 0 Å². The van der Waals surface area contributed by atoms with Gasteiger partial charge in [-0.05, 0) is 54.9 Å². The molecule has 0 radical (unpaired) electrons. The number of carbonyl (C=O) groups excluding carboxylic acids is 7. The lowest BCUT2D eigenvalue weighted by molar-refractivity contribution is -0.144. The number of nitrogens with one attached hydrogen (secondary N) is 4. The fourth-order valence-electron chi connectivity index (χ4n) is 7.09. The monoisotopic (exact) mass is 710 g/mol. The van der Waals surface area contributed by atoms with Crippen LogP contribution in [0.15, 0.2) is 30.3 Å². The number of hydrogen-bond acceptors (Lipinski definition) is 8. The summed E-state index contributed by atoms with van der Waals surface area (Å²) >= 11 is 0. The highest BCUT2D eigenvalue weighted by Crippen LogP contribution is 2.50. The summed E-state index contributed by atoms with van der Waals surface area (Å²) in [6, 6.07) is 4.81. The summed E-state index contributed by atoms with van der Waals surface area (Å²) in [5.41, 5.74) is 0.557. The fourth-order valence-corrected chi connectivity index (χ4v) is 7.09. The maximum Gasteiger partial charge on any atom is 0.407 e. The van der Waals surface area contributed by atoms with E-state index in [0.717, 1.165) is 38.5 Å². The molecule has 2 saturated carbocycles. The molecule has 0 spiro atoms. The van der Waals surface area contributed by atoms with E-state index in [0.29, 0.717) is 18.5 Å². The second-order valence-electron chi connectivity index (χ2n) is 14.6. The molecule has 4 N–H and O–H groups in total. The Labute approximate surface area is 300 Å². The van der Waals surface area contributed by atoms with E-state index in [-0.39, 0.29) is 48.5 Å². The lowest BCUT2D eigenvalue weighted by atomic mass is 9.83. The second kappa shape index (κ2) is 18.1. The van der Waals surface area contributed by atoms with Crippen LogP contribution >= 0.6 is 0 Å². The topological polar surface area (TPSA) is 183 Å². The zero-order chi connectivity index (χ0) is 37.2. The SMILES string of the molecule is CCC[C@@H](NC(=O)C1[C@H]2C[C@H]2CN1C(=O)[C@@H](NC(=O)OCC(C)C)C1CCCCC1)C(=O)C(=O)NCC(=O)NC(C(=O)N(C)C)c1ccccc1. The lowest BCUT2D eigenvalue weighted by Gasteiger charge is -2.35. The number of alkyl carbamates (subject to hydrolysis) is 1. The van der Waals surface area contributed by atoms with E-state index in [1.54, 1.807) is 44.4 Å². The molecule has 2 aliphatic carbocycles. The quantitative estimate of drug-likeness (QED) is 0.188. The predicted molar refractivity (Wildman–Crippen MR) is 188 cm³/mol. The number of Topliss-reactive ketones (excluding diaryl/α,β-unsaturated/α-hetero) is 1. The molecule has 6 amide bonds. The Morgan fingerprint density at radius 1 is 0.941 bits per heavy atom. The minimum atomic E-state index is -1.18. The molecule has 1 aliphatic heterocycles. The van der Waals surface area contributed by atoms with Crippen LogP contribution in [0.5, 0.6) is 0 Å². The van der Waals surface area contributed by atoms with Gasteiger partial charge in [0.15, 0.2) is 0 Å². The Morgan fingerprint density at radius 2 is 1.63 bits per heavy atom.